The SMILES string of the molecule is C=C(O)c1nc2cc(C(=O)OC)ccc2c(=O)[nH]1. The predicted octanol–water partition coefficient (Wildman–Crippen LogP) is 1.24. The Kier molecular flexibility index (Phi) is 2.85. The van der Waals surface area contributed by atoms with E-state index >= 15 is 0 Å². The highest BCUT2D eigenvalue weighted by atomic mass is 16.5. The van der Waals surface area contributed by atoms with Crippen LogP contribution >= 0.6 is 0 Å². The van der Waals surface area contributed by atoms with E-state index in [-0.39, 0.29) is 22.7 Å². The van der Waals surface area contributed by atoms with Gasteiger partial charge >= 0.3 is 5.97 Å². The van der Waals surface area contributed by atoms with Gasteiger partial charge in [-0.3, -0.25) is 4.79 Å². The first-order chi connectivity index (χ1) is 8.52. The summed E-state index contributed by atoms with van der Waals surface area (Å²) in [7, 11) is 1.26. The Balaban J connectivity index is 2.71. The fourth-order valence-electron chi connectivity index (χ4n) is 1.52. The van der Waals surface area contributed by atoms with E-state index in [9.17, 15) is 14.7 Å². The minimum Gasteiger partial charge on any atom is -0.505 e. The van der Waals surface area contributed by atoms with Gasteiger partial charge in [-0.25, -0.2) is 9.78 Å². The van der Waals surface area contributed by atoms with Gasteiger partial charge < -0.3 is 14.8 Å². The lowest BCUT2D eigenvalue weighted by molar-refractivity contribution is 0.0601. The van der Waals surface area contributed by atoms with Crippen LogP contribution in [0.2, 0.25) is 0 Å². The maximum atomic E-state index is 11.7. The van der Waals surface area contributed by atoms with E-state index in [0.29, 0.717) is 5.39 Å². The lowest BCUT2D eigenvalue weighted by Gasteiger charge is -2.03. The molecule has 0 fully saturated rings. The number of H-pyrrole nitrogens is 1. The van der Waals surface area contributed by atoms with Gasteiger partial charge in [-0.1, -0.05) is 6.58 Å². The number of aromatic nitrogens is 2. The Labute approximate surface area is 102 Å². The number of methoxy groups -OCH3 is 1. The predicted molar refractivity (Wildman–Crippen MR) is 65.4 cm³/mol. The van der Waals surface area contributed by atoms with Gasteiger partial charge in [0.25, 0.3) is 5.56 Å². The molecule has 6 nitrogen and oxygen atoms in total. The van der Waals surface area contributed by atoms with Crippen molar-refractivity contribution >= 4 is 22.6 Å². The number of aromatic amines is 1. The molecule has 0 bridgehead atoms. The molecule has 0 unspecified atom stereocenters. The van der Waals surface area contributed by atoms with Gasteiger partial charge in [0, 0.05) is 0 Å². The summed E-state index contributed by atoms with van der Waals surface area (Å²) in [5, 5.41) is 9.53. The minimum atomic E-state index is -0.525. The molecule has 0 radical (unpaired) electrons. The molecule has 1 aromatic heterocycles. The van der Waals surface area contributed by atoms with E-state index in [1.54, 1.807) is 0 Å². The van der Waals surface area contributed by atoms with Crippen LogP contribution in [-0.2, 0) is 4.74 Å². The van der Waals surface area contributed by atoms with Gasteiger partial charge in [-0.2, -0.15) is 0 Å². The van der Waals surface area contributed by atoms with Crippen molar-refractivity contribution in [2.24, 2.45) is 0 Å². The second kappa shape index (κ2) is 4.33. The van der Waals surface area contributed by atoms with Crippen molar-refractivity contribution in [3.63, 3.8) is 0 Å². The summed E-state index contributed by atoms with van der Waals surface area (Å²) in [6.45, 7) is 3.28. The van der Waals surface area contributed by atoms with Crippen molar-refractivity contribution < 1.29 is 14.6 Å². The number of esters is 1. The zero-order valence-electron chi connectivity index (χ0n) is 9.56. The van der Waals surface area contributed by atoms with Crippen LogP contribution < -0.4 is 5.56 Å². The first-order valence-corrected chi connectivity index (χ1v) is 5.03. The van der Waals surface area contributed by atoms with E-state index in [1.807, 2.05) is 0 Å². The van der Waals surface area contributed by atoms with Crippen molar-refractivity contribution in [1.29, 1.82) is 0 Å². The molecule has 1 aromatic carbocycles. The molecule has 0 amide bonds. The van der Waals surface area contributed by atoms with Gasteiger partial charge in [0.15, 0.2) is 11.6 Å². The Bertz CT molecular complexity index is 703. The number of carbonyl (C=O) groups is 1. The van der Waals surface area contributed by atoms with Crippen LogP contribution in [0.1, 0.15) is 16.2 Å². The Morgan fingerprint density at radius 3 is 2.83 bits per heavy atom. The lowest BCUT2D eigenvalue weighted by atomic mass is 10.1. The molecule has 6 heteroatoms. The van der Waals surface area contributed by atoms with E-state index in [4.69, 9.17) is 0 Å². The average Bonchev–Trinajstić information content (AvgIpc) is 2.36. The molecular weight excluding hydrogens is 236 g/mol. The fourth-order valence-corrected chi connectivity index (χ4v) is 1.52. The minimum absolute atomic E-state index is 0.0329. The summed E-state index contributed by atoms with van der Waals surface area (Å²) in [6, 6.07) is 4.36. The third-order valence-corrected chi connectivity index (χ3v) is 2.40. The molecule has 0 aliphatic rings. The summed E-state index contributed by atoms with van der Waals surface area (Å²) < 4.78 is 4.57. The van der Waals surface area contributed by atoms with E-state index in [0.717, 1.165) is 0 Å². The lowest BCUT2D eigenvalue weighted by Crippen LogP contribution is -2.12. The van der Waals surface area contributed by atoms with E-state index in [2.05, 4.69) is 21.3 Å². The maximum absolute atomic E-state index is 11.7. The van der Waals surface area contributed by atoms with Gasteiger partial charge in [0.05, 0.1) is 23.6 Å². The maximum Gasteiger partial charge on any atom is 0.337 e. The second-order valence-corrected chi connectivity index (χ2v) is 3.58. The van der Waals surface area contributed by atoms with E-state index in [1.165, 1.54) is 25.3 Å². The van der Waals surface area contributed by atoms with Crippen LogP contribution in [0.15, 0.2) is 29.6 Å². The van der Waals surface area contributed by atoms with Crippen LogP contribution in [0.4, 0.5) is 0 Å². The summed E-state index contributed by atoms with van der Waals surface area (Å²) in [6.07, 6.45) is 0. The van der Waals surface area contributed by atoms with Crippen LogP contribution in [0, 0.1) is 0 Å². The number of fused-ring (bicyclic) bond motifs is 1. The van der Waals surface area contributed by atoms with Crippen molar-refractivity contribution in [1.82, 2.24) is 9.97 Å². The molecule has 2 aromatic rings. The monoisotopic (exact) mass is 246 g/mol. The number of carbonyl (C=O) groups excluding carboxylic acids is 1. The second-order valence-electron chi connectivity index (χ2n) is 3.58. The number of rotatable bonds is 2. The average molecular weight is 246 g/mol. The van der Waals surface area contributed by atoms with Crippen LogP contribution in [-0.4, -0.2) is 28.2 Å². The molecule has 2 rings (SSSR count). The highest BCUT2D eigenvalue weighted by Gasteiger charge is 2.10. The standard InChI is InChI=1S/C12H10N2O4/c1-6(15)10-13-9-5-7(12(17)18-2)3-4-8(9)11(16)14-10/h3-5,15H,1H2,2H3,(H,13,14,16). The zero-order valence-corrected chi connectivity index (χ0v) is 9.56. The molecule has 0 saturated heterocycles. The highest BCUT2D eigenvalue weighted by Crippen LogP contribution is 2.12. The third-order valence-electron chi connectivity index (χ3n) is 2.40. The molecule has 0 saturated carbocycles. The van der Waals surface area contributed by atoms with Crippen LogP contribution in [0.5, 0.6) is 0 Å². The van der Waals surface area contributed by atoms with Gasteiger partial charge in [0.1, 0.15) is 0 Å². The zero-order chi connectivity index (χ0) is 13.3. The summed E-state index contributed by atoms with van der Waals surface area (Å²) in [4.78, 5) is 29.4. The van der Waals surface area contributed by atoms with Gasteiger partial charge in [-0.05, 0) is 18.2 Å². The Morgan fingerprint density at radius 2 is 2.22 bits per heavy atom. The molecular formula is C12H10N2O4. The smallest absolute Gasteiger partial charge is 0.337 e. The summed E-state index contributed by atoms with van der Waals surface area (Å²) in [5.41, 5.74) is 0.145. The number of aliphatic hydroxyl groups excluding tert-OH is 1. The van der Waals surface area contributed by atoms with Gasteiger partial charge in [0.2, 0.25) is 0 Å². The van der Waals surface area contributed by atoms with Crippen molar-refractivity contribution in [3.8, 4) is 0 Å². The number of hydrogen-bond donors (Lipinski definition) is 2. The Hall–Kier alpha value is -2.63. The molecule has 0 aliphatic carbocycles. The molecule has 92 valence electrons. The van der Waals surface area contributed by atoms with Crippen LogP contribution in [0.3, 0.4) is 0 Å². The molecule has 0 spiro atoms. The quantitative estimate of drug-likeness (QED) is 0.614. The van der Waals surface area contributed by atoms with Crippen molar-refractivity contribution in [3.05, 3.63) is 46.5 Å². The molecule has 2 N–H and O–H groups in total. The first kappa shape index (κ1) is 11.8. The number of nitrogens with zero attached hydrogens (tertiary/aromatic N) is 1. The van der Waals surface area contributed by atoms with Gasteiger partial charge in [-0.15, -0.1) is 0 Å². The number of hydrogen-bond acceptors (Lipinski definition) is 5. The van der Waals surface area contributed by atoms with Crippen molar-refractivity contribution in [2.75, 3.05) is 7.11 Å². The summed E-state index contributed by atoms with van der Waals surface area (Å²) >= 11 is 0. The number of ether oxygens (including phenoxy) is 1. The number of nitrogens with one attached hydrogen (secondary N) is 1. The largest absolute Gasteiger partial charge is 0.505 e. The van der Waals surface area contributed by atoms with Crippen molar-refractivity contribution in [2.45, 2.75) is 0 Å². The topological polar surface area (TPSA) is 92.3 Å². The third kappa shape index (κ3) is 1.95. The van der Waals surface area contributed by atoms with Crippen LogP contribution in [0.25, 0.3) is 16.7 Å². The Morgan fingerprint density at radius 1 is 1.50 bits per heavy atom. The van der Waals surface area contributed by atoms with E-state index < -0.39 is 11.5 Å². The highest BCUT2D eigenvalue weighted by molar-refractivity contribution is 5.94. The molecule has 0 aliphatic heterocycles. The first-order valence-electron chi connectivity index (χ1n) is 5.03. The molecule has 18 heavy (non-hydrogen) atoms. The molecule has 0 atom stereocenters. The number of benzene rings is 1. The number of aliphatic hydroxyl groups is 1. The fraction of sp³-hybridized carbons (Fsp3) is 0.0833. The normalized spacial score (nSPS) is 10.3. The summed E-state index contributed by atoms with van der Waals surface area (Å²) in [5.74, 6) is -0.907. The molecule has 1 heterocycles.